The number of benzene rings is 1. The first-order chi connectivity index (χ1) is 10.3. The van der Waals surface area contributed by atoms with Gasteiger partial charge < -0.3 is 15.4 Å². The van der Waals surface area contributed by atoms with E-state index in [9.17, 15) is 0 Å². The third-order valence-electron chi connectivity index (χ3n) is 3.17. The maximum Gasteiger partial charge on any atom is 0.191 e. The van der Waals surface area contributed by atoms with Crippen LogP contribution < -0.4 is 10.6 Å². The van der Waals surface area contributed by atoms with Crippen LogP contribution in [0.2, 0.25) is 0 Å². The zero-order valence-corrected chi connectivity index (χ0v) is 13.6. The molecule has 0 unspecified atom stereocenters. The average Bonchev–Trinajstić information content (AvgIpc) is 2.49. The average molecular weight is 291 g/mol. The minimum Gasteiger partial charge on any atom is -0.381 e. The molecule has 0 spiro atoms. The lowest BCUT2D eigenvalue weighted by molar-refractivity contribution is 0.129. The molecule has 0 atom stereocenters. The van der Waals surface area contributed by atoms with E-state index in [1.54, 1.807) is 7.05 Å². The van der Waals surface area contributed by atoms with Crippen molar-refractivity contribution in [3.05, 3.63) is 35.4 Å². The fraction of sp³-hybridized carbons (Fsp3) is 0.588. The molecule has 118 valence electrons. The van der Waals surface area contributed by atoms with Gasteiger partial charge >= 0.3 is 0 Å². The molecule has 0 saturated heterocycles. The van der Waals surface area contributed by atoms with E-state index in [2.05, 4.69) is 53.7 Å². The number of guanidine groups is 1. The maximum atomic E-state index is 5.53. The van der Waals surface area contributed by atoms with Crippen molar-refractivity contribution >= 4 is 5.96 Å². The van der Waals surface area contributed by atoms with Gasteiger partial charge in [-0.3, -0.25) is 4.99 Å². The van der Waals surface area contributed by atoms with Crippen molar-refractivity contribution in [1.29, 1.82) is 0 Å². The Kier molecular flexibility index (Phi) is 9.29. The van der Waals surface area contributed by atoms with E-state index in [4.69, 9.17) is 4.74 Å². The molecule has 0 aliphatic rings. The number of rotatable bonds is 9. The molecule has 21 heavy (non-hydrogen) atoms. The highest BCUT2D eigenvalue weighted by molar-refractivity contribution is 5.79. The standard InChI is InChI=1S/C17H29N3O/c1-4-5-11-21-12-7-10-19-17(18-3)20-14-16-9-6-8-15(2)13-16/h6,8-9,13H,4-5,7,10-12,14H2,1-3H3,(H2,18,19,20). The van der Waals surface area contributed by atoms with Gasteiger partial charge in [-0.05, 0) is 25.3 Å². The first-order valence-electron chi connectivity index (χ1n) is 7.84. The smallest absolute Gasteiger partial charge is 0.191 e. The number of unbranched alkanes of at least 4 members (excludes halogenated alkanes) is 1. The van der Waals surface area contributed by atoms with Crippen LogP contribution in [0.15, 0.2) is 29.3 Å². The van der Waals surface area contributed by atoms with Gasteiger partial charge in [0, 0.05) is 33.4 Å². The number of nitrogens with zero attached hydrogens (tertiary/aromatic N) is 1. The van der Waals surface area contributed by atoms with Gasteiger partial charge in [-0.2, -0.15) is 0 Å². The molecule has 0 radical (unpaired) electrons. The lowest BCUT2D eigenvalue weighted by Crippen LogP contribution is -2.37. The van der Waals surface area contributed by atoms with Crippen molar-refractivity contribution in [1.82, 2.24) is 10.6 Å². The molecule has 1 rings (SSSR count). The normalized spacial score (nSPS) is 11.5. The number of hydrogen-bond donors (Lipinski definition) is 2. The Morgan fingerprint density at radius 3 is 2.71 bits per heavy atom. The number of nitrogens with one attached hydrogen (secondary N) is 2. The molecule has 0 saturated carbocycles. The zero-order valence-electron chi connectivity index (χ0n) is 13.6. The maximum absolute atomic E-state index is 5.53. The van der Waals surface area contributed by atoms with Crippen LogP contribution in [-0.4, -0.2) is 32.8 Å². The van der Waals surface area contributed by atoms with Crippen LogP contribution in [0.1, 0.15) is 37.3 Å². The quantitative estimate of drug-likeness (QED) is 0.418. The molecule has 0 aromatic heterocycles. The highest BCUT2D eigenvalue weighted by atomic mass is 16.5. The molecule has 1 aromatic carbocycles. The SMILES string of the molecule is CCCCOCCCNC(=NC)NCc1cccc(C)c1. The highest BCUT2D eigenvalue weighted by Crippen LogP contribution is 2.02. The van der Waals surface area contributed by atoms with Crippen LogP contribution in [0.5, 0.6) is 0 Å². The predicted molar refractivity (Wildman–Crippen MR) is 89.7 cm³/mol. The zero-order chi connectivity index (χ0) is 15.3. The summed E-state index contributed by atoms with van der Waals surface area (Å²) in [5, 5.41) is 6.63. The van der Waals surface area contributed by atoms with Crippen LogP contribution in [-0.2, 0) is 11.3 Å². The fourth-order valence-electron chi connectivity index (χ4n) is 1.96. The van der Waals surface area contributed by atoms with E-state index >= 15 is 0 Å². The summed E-state index contributed by atoms with van der Waals surface area (Å²) in [4.78, 5) is 4.23. The summed E-state index contributed by atoms with van der Waals surface area (Å²) < 4.78 is 5.53. The molecule has 0 aliphatic heterocycles. The van der Waals surface area contributed by atoms with Crippen LogP contribution >= 0.6 is 0 Å². The molecule has 0 aliphatic carbocycles. The Morgan fingerprint density at radius 2 is 2.00 bits per heavy atom. The van der Waals surface area contributed by atoms with Crippen molar-refractivity contribution in [2.45, 2.75) is 39.7 Å². The molecule has 0 heterocycles. The second-order valence-electron chi connectivity index (χ2n) is 5.16. The molecule has 0 bridgehead atoms. The van der Waals surface area contributed by atoms with Gasteiger partial charge in [0.2, 0.25) is 0 Å². The number of aliphatic imine (C=N–C) groups is 1. The topological polar surface area (TPSA) is 45.6 Å². The third-order valence-corrected chi connectivity index (χ3v) is 3.17. The molecular formula is C17H29N3O. The summed E-state index contributed by atoms with van der Waals surface area (Å²) in [7, 11) is 1.79. The van der Waals surface area contributed by atoms with E-state index in [-0.39, 0.29) is 0 Å². The third kappa shape index (κ3) is 8.35. The summed E-state index contributed by atoms with van der Waals surface area (Å²) in [5.41, 5.74) is 2.54. The Bertz CT molecular complexity index is 418. The molecule has 0 fully saturated rings. The summed E-state index contributed by atoms with van der Waals surface area (Å²) in [5.74, 6) is 0.838. The fourth-order valence-corrected chi connectivity index (χ4v) is 1.96. The van der Waals surface area contributed by atoms with Crippen molar-refractivity contribution < 1.29 is 4.74 Å². The van der Waals surface area contributed by atoms with E-state index in [0.29, 0.717) is 0 Å². The Labute approximate surface area is 129 Å². The summed E-state index contributed by atoms with van der Waals surface area (Å²) >= 11 is 0. The van der Waals surface area contributed by atoms with Crippen LogP contribution in [0.3, 0.4) is 0 Å². The lowest BCUT2D eigenvalue weighted by Gasteiger charge is -2.12. The molecular weight excluding hydrogens is 262 g/mol. The van der Waals surface area contributed by atoms with Crippen LogP contribution in [0.25, 0.3) is 0 Å². The molecule has 4 nitrogen and oxygen atoms in total. The second-order valence-corrected chi connectivity index (χ2v) is 5.16. The largest absolute Gasteiger partial charge is 0.381 e. The Balaban J connectivity index is 2.15. The van der Waals surface area contributed by atoms with Crippen molar-refractivity contribution in [3.8, 4) is 0 Å². The van der Waals surface area contributed by atoms with Gasteiger partial charge in [0.05, 0.1) is 0 Å². The number of hydrogen-bond acceptors (Lipinski definition) is 2. The van der Waals surface area contributed by atoms with Crippen molar-refractivity contribution in [2.75, 3.05) is 26.8 Å². The lowest BCUT2D eigenvalue weighted by atomic mass is 10.1. The summed E-state index contributed by atoms with van der Waals surface area (Å²) in [6, 6.07) is 8.49. The van der Waals surface area contributed by atoms with Gasteiger partial charge in [0.1, 0.15) is 0 Å². The second kappa shape index (κ2) is 11.1. The molecule has 4 heteroatoms. The van der Waals surface area contributed by atoms with Gasteiger partial charge in [0.25, 0.3) is 0 Å². The van der Waals surface area contributed by atoms with E-state index in [0.717, 1.165) is 45.1 Å². The first kappa shape index (κ1) is 17.5. The Hall–Kier alpha value is -1.55. The van der Waals surface area contributed by atoms with Crippen molar-refractivity contribution in [3.63, 3.8) is 0 Å². The van der Waals surface area contributed by atoms with Gasteiger partial charge in [-0.15, -0.1) is 0 Å². The van der Waals surface area contributed by atoms with E-state index in [1.165, 1.54) is 17.5 Å². The van der Waals surface area contributed by atoms with Crippen LogP contribution in [0.4, 0.5) is 0 Å². The van der Waals surface area contributed by atoms with E-state index < -0.39 is 0 Å². The summed E-state index contributed by atoms with van der Waals surface area (Å²) in [6.45, 7) is 7.62. The summed E-state index contributed by atoms with van der Waals surface area (Å²) in [6.07, 6.45) is 3.33. The highest BCUT2D eigenvalue weighted by Gasteiger charge is 1.98. The predicted octanol–water partition coefficient (Wildman–Crippen LogP) is 2.87. The number of ether oxygens (including phenoxy) is 1. The van der Waals surface area contributed by atoms with E-state index in [1.807, 2.05) is 0 Å². The van der Waals surface area contributed by atoms with Gasteiger partial charge in [0.15, 0.2) is 5.96 Å². The number of aryl methyl sites for hydroxylation is 1. The van der Waals surface area contributed by atoms with Crippen LogP contribution in [0, 0.1) is 6.92 Å². The minimum atomic E-state index is 0.786. The molecule has 1 aromatic rings. The molecule has 2 N–H and O–H groups in total. The van der Waals surface area contributed by atoms with Gasteiger partial charge in [-0.1, -0.05) is 43.2 Å². The van der Waals surface area contributed by atoms with Gasteiger partial charge in [-0.25, -0.2) is 0 Å². The Morgan fingerprint density at radius 1 is 1.19 bits per heavy atom. The molecule has 0 amide bonds. The van der Waals surface area contributed by atoms with Crippen molar-refractivity contribution in [2.24, 2.45) is 4.99 Å². The first-order valence-corrected chi connectivity index (χ1v) is 7.84. The minimum absolute atomic E-state index is 0.786. The monoisotopic (exact) mass is 291 g/mol.